The molecule has 1 aliphatic rings. The minimum absolute atomic E-state index is 0.0256. The molecule has 6 nitrogen and oxygen atoms in total. The number of hydrogen-bond acceptors (Lipinski definition) is 4. The van der Waals surface area contributed by atoms with Gasteiger partial charge in [0.2, 0.25) is 0 Å². The van der Waals surface area contributed by atoms with Crippen LogP contribution in [-0.2, 0) is 4.74 Å². The molecule has 1 aromatic heterocycles. The van der Waals surface area contributed by atoms with E-state index in [1.165, 1.54) is 0 Å². The average molecular weight is 408 g/mol. The number of ether oxygens (including phenoxy) is 1. The van der Waals surface area contributed by atoms with Crippen LogP contribution in [-0.4, -0.2) is 62.6 Å². The lowest BCUT2D eigenvalue weighted by Gasteiger charge is -2.20. The van der Waals surface area contributed by atoms with Crippen molar-refractivity contribution in [2.24, 2.45) is 4.99 Å². The largest absolute Gasteiger partial charge is 0.411 e. The van der Waals surface area contributed by atoms with Crippen LogP contribution in [0, 0.1) is 0 Å². The van der Waals surface area contributed by atoms with E-state index < -0.39 is 12.8 Å². The average Bonchev–Trinajstić information content (AvgIpc) is 3.06. The fourth-order valence-electron chi connectivity index (χ4n) is 2.74. The number of nitrogens with one attached hydrogen (secondary N) is 2. The van der Waals surface area contributed by atoms with E-state index in [4.69, 9.17) is 11.6 Å². The molecule has 0 bridgehead atoms. The second-order valence-corrected chi connectivity index (χ2v) is 6.57. The van der Waals surface area contributed by atoms with Crippen LogP contribution in [0.3, 0.4) is 0 Å². The molecule has 0 saturated carbocycles. The first kappa shape index (κ1) is 21.6. The molecule has 0 spiro atoms. The van der Waals surface area contributed by atoms with Crippen molar-refractivity contribution >= 4 is 23.4 Å². The number of aliphatic imine (C=N–C) groups is 1. The van der Waals surface area contributed by atoms with Gasteiger partial charge in [0.1, 0.15) is 12.4 Å². The second kappa shape index (κ2) is 10.6. The maximum absolute atomic E-state index is 12.0. The zero-order valence-corrected chi connectivity index (χ0v) is 16.0. The van der Waals surface area contributed by atoms with Crippen molar-refractivity contribution in [1.82, 2.24) is 15.6 Å². The van der Waals surface area contributed by atoms with Crippen molar-refractivity contribution < 1.29 is 17.9 Å². The normalized spacial score (nSPS) is 18.0. The molecule has 1 fully saturated rings. The van der Waals surface area contributed by atoms with Crippen LogP contribution in [0.2, 0.25) is 5.02 Å². The van der Waals surface area contributed by atoms with Crippen molar-refractivity contribution in [1.29, 1.82) is 0 Å². The molecule has 152 valence electrons. The lowest BCUT2D eigenvalue weighted by atomic mass is 10.3. The van der Waals surface area contributed by atoms with Crippen LogP contribution in [0.4, 0.5) is 19.0 Å². The molecule has 0 aromatic carbocycles. The molecule has 2 N–H and O–H groups in total. The first-order chi connectivity index (χ1) is 12.9. The Morgan fingerprint density at radius 1 is 1.48 bits per heavy atom. The lowest BCUT2D eigenvalue weighted by molar-refractivity contribution is -0.173. The van der Waals surface area contributed by atoms with E-state index in [9.17, 15) is 13.2 Å². The summed E-state index contributed by atoms with van der Waals surface area (Å²) in [5.41, 5.74) is 0. The number of anilines is 1. The summed E-state index contributed by atoms with van der Waals surface area (Å²) >= 11 is 6.20. The molecule has 0 amide bonds. The number of aromatic nitrogens is 1. The predicted molar refractivity (Wildman–Crippen MR) is 100 cm³/mol. The van der Waals surface area contributed by atoms with Crippen molar-refractivity contribution in [3.63, 3.8) is 0 Å². The molecular formula is C17H25ClF3N5O. The van der Waals surface area contributed by atoms with Crippen LogP contribution < -0.4 is 15.5 Å². The highest BCUT2D eigenvalue weighted by molar-refractivity contribution is 6.32. The van der Waals surface area contributed by atoms with Crippen LogP contribution in [0.5, 0.6) is 0 Å². The minimum atomic E-state index is -4.29. The maximum Gasteiger partial charge on any atom is 0.411 e. The predicted octanol–water partition coefficient (Wildman–Crippen LogP) is 2.84. The highest BCUT2D eigenvalue weighted by atomic mass is 35.5. The fourth-order valence-corrected chi connectivity index (χ4v) is 2.98. The van der Waals surface area contributed by atoms with Gasteiger partial charge < -0.3 is 20.3 Å². The number of guanidine groups is 1. The third-order valence-corrected chi connectivity index (χ3v) is 4.19. The van der Waals surface area contributed by atoms with Gasteiger partial charge in [-0.05, 0) is 31.9 Å². The van der Waals surface area contributed by atoms with Gasteiger partial charge in [0.15, 0.2) is 5.96 Å². The lowest BCUT2D eigenvalue weighted by Crippen LogP contribution is -2.44. The molecule has 27 heavy (non-hydrogen) atoms. The third kappa shape index (κ3) is 7.80. The molecular weight excluding hydrogens is 383 g/mol. The highest BCUT2D eigenvalue weighted by Crippen LogP contribution is 2.25. The molecule has 1 unspecified atom stereocenters. The van der Waals surface area contributed by atoms with Crippen molar-refractivity contribution in [3.05, 3.63) is 23.4 Å². The minimum Gasteiger partial charge on any atom is -0.372 e. The molecule has 2 heterocycles. The number of hydrogen-bond donors (Lipinski definition) is 2. The Labute approximate surface area is 162 Å². The van der Waals surface area contributed by atoms with Gasteiger partial charge in [0.05, 0.1) is 5.02 Å². The first-order valence-electron chi connectivity index (χ1n) is 8.94. The first-order valence-corrected chi connectivity index (χ1v) is 9.31. The summed E-state index contributed by atoms with van der Waals surface area (Å²) < 4.78 is 40.6. The molecule has 0 aliphatic carbocycles. The maximum atomic E-state index is 12.0. The van der Waals surface area contributed by atoms with Gasteiger partial charge in [-0.25, -0.2) is 4.98 Å². The Morgan fingerprint density at radius 2 is 2.30 bits per heavy atom. The van der Waals surface area contributed by atoms with Gasteiger partial charge in [-0.1, -0.05) is 11.6 Å². The summed E-state index contributed by atoms with van der Waals surface area (Å²) in [7, 11) is 0. The monoisotopic (exact) mass is 407 g/mol. The van der Waals surface area contributed by atoms with E-state index in [1.54, 1.807) is 12.3 Å². The standard InChI is InChI=1S/C17H25ClF3N5O/c1-2-22-16(24-8-4-10-27-12-17(19,20)21)25-13-6-9-26(11-13)15-14(18)5-3-7-23-15/h3,5,7,13H,2,4,6,8-12H2,1H3,(H2,22,24,25). The van der Waals surface area contributed by atoms with E-state index in [0.717, 1.165) is 25.3 Å². The zero-order chi connectivity index (χ0) is 19.7. The Kier molecular flexibility index (Phi) is 8.43. The van der Waals surface area contributed by atoms with Gasteiger partial charge in [-0.3, -0.25) is 4.99 Å². The molecule has 10 heteroatoms. The number of nitrogens with zero attached hydrogens (tertiary/aromatic N) is 3. The number of pyridine rings is 1. The summed E-state index contributed by atoms with van der Waals surface area (Å²) in [6.07, 6.45) is -1.24. The Bertz CT molecular complexity index is 614. The molecule has 1 aliphatic heterocycles. The number of halogens is 4. The number of alkyl halides is 3. The van der Waals surface area contributed by atoms with E-state index in [0.29, 0.717) is 30.5 Å². The van der Waals surface area contributed by atoms with E-state index in [2.05, 4.69) is 30.2 Å². The van der Waals surface area contributed by atoms with E-state index in [1.807, 2.05) is 13.0 Å². The zero-order valence-electron chi connectivity index (χ0n) is 15.2. The van der Waals surface area contributed by atoms with Crippen molar-refractivity contribution in [2.45, 2.75) is 32.0 Å². The Hall–Kier alpha value is -1.74. The van der Waals surface area contributed by atoms with Crippen LogP contribution in [0.1, 0.15) is 19.8 Å². The molecule has 1 atom stereocenters. The van der Waals surface area contributed by atoms with Gasteiger partial charge in [0.25, 0.3) is 0 Å². The topological polar surface area (TPSA) is 61.8 Å². The summed E-state index contributed by atoms with van der Waals surface area (Å²) in [6.45, 7) is 3.42. The van der Waals surface area contributed by atoms with Crippen LogP contribution in [0.25, 0.3) is 0 Å². The van der Waals surface area contributed by atoms with E-state index in [-0.39, 0.29) is 12.6 Å². The van der Waals surface area contributed by atoms with Crippen LogP contribution >= 0.6 is 11.6 Å². The Balaban J connectivity index is 1.77. The third-order valence-electron chi connectivity index (χ3n) is 3.89. The summed E-state index contributed by atoms with van der Waals surface area (Å²) in [5, 5.41) is 7.13. The molecule has 1 aromatic rings. The fraction of sp³-hybridized carbons (Fsp3) is 0.647. The van der Waals surface area contributed by atoms with Gasteiger partial charge in [-0.15, -0.1) is 0 Å². The quantitative estimate of drug-likeness (QED) is 0.394. The summed E-state index contributed by atoms with van der Waals surface area (Å²) in [6, 6.07) is 3.80. The van der Waals surface area contributed by atoms with Crippen molar-refractivity contribution in [2.75, 3.05) is 44.3 Å². The number of rotatable bonds is 8. The molecule has 1 saturated heterocycles. The SMILES string of the molecule is CCNC(=NCCCOCC(F)(F)F)NC1CCN(c2ncccc2Cl)C1. The molecule has 0 radical (unpaired) electrons. The van der Waals surface area contributed by atoms with Crippen molar-refractivity contribution in [3.8, 4) is 0 Å². The summed E-state index contributed by atoms with van der Waals surface area (Å²) in [5.74, 6) is 1.42. The van der Waals surface area contributed by atoms with Gasteiger partial charge in [0, 0.05) is 45.0 Å². The van der Waals surface area contributed by atoms with E-state index >= 15 is 0 Å². The highest BCUT2D eigenvalue weighted by Gasteiger charge is 2.27. The van der Waals surface area contributed by atoms with Crippen LogP contribution in [0.15, 0.2) is 23.3 Å². The summed E-state index contributed by atoms with van der Waals surface area (Å²) in [4.78, 5) is 10.9. The van der Waals surface area contributed by atoms with Gasteiger partial charge >= 0.3 is 6.18 Å². The Morgan fingerprint density at radius 3 is 3.00 bits per heavy atom. The second-order valence-electron chi connectivity index (χ2n) is 6.17. The smallest absolute Gasteiger partial charge is 0.372 e. The van der Waals surface area contributed by atoms with Gasteiger partial charge in [-0.2, -0.15) is 13.2 Å². The molecule has 2 rings (SSSR count).